The molecule has 2 aromatic heterocycles. The quantitative estimate of drug-likeness (QED) is 0.694. The van der Waals surface area contributed by atoms with Crippen molar-refractivity contribution >= 4 is 22.6 Å². The topological polar surface area (TPSA) is 81.9 Å². The number of anilines is 1. The number of aromatic nitrogens is 4. The molecule has 1 amide bonds. The van der Waals surface area contributed by atoms with E-state index in [1.807, 2.05) is 0 Å². The van der Waals surface area contributed by atoms with Gasteiger partial charge in [-0.2, -0.15) is 18.3 Å². The minimum atomic E-state index is -4.41. The van der Waals surface area contributed by atoms with Gasteiger partial charge in [0.15, 0.2) is 11.5 Å². The zero-order valence-electron chi connectivity index (χ0n) is 16.2. The average Bonchev–Trinajstić information content (AvgIpc) is 3.09. The lowest BCUT2D eigenvalue weighted by Gasteiger charge is -2.22. The number of rotatable bonds is 4. The number of hydrogen-bond donors (Lipinski definition) is 1. The van der Waals surface area contributed by atoms with E-state index in [0.717, 1.165) is 17.5 Å². The minimum absolute atomic E-state index is 0.0604. The van der Waals surface area contributed by atoms with E-state index in [9.17, 15) is 18.0 Å². The van der Waals surface area contributed by atoms with Crippen LogP contribution in [0.3, 0.4) is 0 Å². The molecule has 7 nitrogen and oxygen atoms in total. The number of nitrogens with one attached hydrogen (secondary N) is 1. The van der Waals surface area contributed by atoms with Crippen molar-refractivity contribution in [1.82, 2.24) is 19.7 Å². The fraction of sp³-hybridized carbons (Fsp3) is 0.400. The van der Waals surface area contributed by atoms with Crippen LogP contribution in [0, 0.1) is 0 Å². The predicted octanol–water partition coefficient (Wildman–Crippen LogP) is 3.91. The van der Waals surface area contributed by atoms with Crippen molar-refractivity contribution < 1.29 is 22.7 Å². The smallest absolute Gasteiger partial charge is 0.381 e. The molecule has 0 radical (unpaired) electrons. The standard InChI is InChI=1S/C20H20F3N5O2/c1-12(29)25-15-4-2-14(3-5-15)18-26-17(13-6-8-30-9-7-13)16-10-24-28(19(16)27-18)11-20(21,22)23/h2-5,10,13H,6-9,11H2,1H3,(H,25,29). The Hall–Kier alpha value is -3.01. The SMILES string of the molecule is CC(=O)Nc1ccc(-c2nc(C3CCOCC3)c3cnn(CC(F)(F)F)c3n2)cc1. The maximum atomic E-state index is 13.0. The molecule has 3 aromatic rings. The van der Waals surface area contributed by atoms with Crippen LogP contribution in [0.2, 0.25) is 0 Å². The zero-order valence-corrected chi connectivity index (χ0v) is 16.2. The number of fused-ring (bicyclic) bond motifs is 1. The van der Waals surface area contributed by atoms with E-state index in [1.165, 1.54) is 13.1 Å². The van der Waals surface area contributed by atoms with Gasteiger partial charge in [0, 0.05) is 37.3 Å². The molecule has 1 saturated heterocycles. The molecule has 1 fully saturated rings. The fourth-order valence-corrected chi connectivity index (χ4v) is 3.58. The number of carbonyl (C=O) groups excluding carboxylic acids is 1. The molecule has 1 aliphatic rings. The summed E-state index contributed by atoms with van der Waals surface area (Å²) in [6.07, 6.45) is -1.53. The van der Waals surface area contributed by atoms with Gasteiger partial charge in [-0.05, 0) is 37.1 Å². The van der Waals surface area contributed by atoms with Crippen LogP contribution in [0.5, 0.6) is 0 Å². The van der Waals surface area contributed by atoms with E-state index in [2.05, 4.69) is 15.4 Å². The number of nitrogens with zero attached hydrogens (tertiary/aromatic N) is 4. The number of halogens is 3. The summed E-state index contributed by atoms with van der Waals surface area (Å²) in [5, 5.41) is 7.14. The molecule has 158 valence electrons. The molecule has 1 aromatic carbocycles. The number of carbonyl (C=O) groups is 1. The molecule has 0 atom stereocenters. The Bertz CT molecular complexity index is 1060. The van der Waals surface area contributed by atoms with Gasteiger partial charge in [-0.3, -0.25) is 4.79 Å². The van der Waals surface area contributed by atoms with Crippen LogP contribution in [0.25, 0.3) is 22.4 Å². The Morgan fingerprint density at radius 2 is 1.90 bits per heavy atom. The molecule has 10 heteroatoms. The van der Waals surface area contributed by atoms with E-state index >= 15 is 0 Å². The summed E-state index contributed by atoms with van der Waals surface area (Å²) >= 11 is 0. The fourth-order valence-electron chi connectivity index (χ4n) is 3.58. The third kappa shape index (κ3) is 4.43. The highest BCUT2D eigenvalue weighted by molar-refractivity contribution is 5.89. The summed E-state index contributed by atoms with van der Waals surface area (Å²) in [6.45, 7) is 1.34. The highest BCUT2D eigenvalue weighted by atomic mass is 19.4. The van der Waals surface area contributed by atoms with E-state index in [1.54, 1.807) is 24.3 Å². The highest BCUT2D eigenvalue weighted by Crippen LogP contribution is 2.33. The van der Waals surface area contributed by atoms with Gasteiger partial charge in [0.1, 0.15) is 6.54 Å². The van der Waals surface area contributed by atoms with Crippen molar-refractivity contribution in [3.63, 3.8) is 0 Å². The van der Waals surface area contributed by atoms with Gasteiger partial charge in [-0.15, -0.1) is 0 Å². The number of amides is 1. The Morgan fingerprint density at radius 1 is 1.20 bits per heavy atom. The summed E-state index contributed by atoms with van der Waals surface area (Å²) in [5.74, 6) is 0.186. The first-order valence-corrected chi connectivity index (χ1v) is 9.56. The molecule has 30 heavy (non-hydrogen) atoms. The van der Waals surface area contributed by atoms with Crippen molar-refractivity contribution in [1.29, 1.82) is 0 Å². The third-order valence-electron chi connectivity index (χ3n) is 4.93. The van der Waals surface area contributed by atoms with Crippen LogP contribution in [0.1, 0.15) is 31.4 Å². The number of alkyl halides is 3. The molecule has 4 rings (SSSR count). The molecular formula is C20H20F3N5O2. The van der Waals surface area contributed by atoms with E-state index in [4.69, 9.17) is 9.72 Å². The Balaban J connectivity index is 1.80. The summed E-state index contributed by atoms with van der Waals surface area (Å²) in [7, 11) is 0. The van der Waals surface area contributed by atoms with Crippen LogP contribution >= 0.6 is 0 Å². The molecule has 0 spiro atoms. The zero-order chi connectivity index (χ0) is 21.3. The first-order valence-electron chi connectivity index (χ1n) is 9.56. The van der Waals surface area contributed by atoms with Gasteiger partial charge in [-0.25, -0.2) is 14.6 Å². The van der Waals surface area contributed by atoms with Crippen molar-refractivity contribution in [2.24, 2.45) is 0 Å². The van der Waals surface area contributed by atoms with Crippen molar-refractivity contribution in [2.45, 2.75) is 38.4 Å². The van der Waals surface area contributed by atoms with Crippen LogP contribution in [-0.4, -0.2) is 45.0 Å². The maximum absolute atomic E-state index is 13.0. The second-order valence-corrected chi connectivity index (χ2v) is 7.23. The summed E-state index contributed by atoms with van der Waals surface area (Å²) in [5.41, 5.74) is 2.10. The second-order valence-electron chi connectivity index (χ2n) is 7.23. The van der Waals surface area contributed by atoms with E-state index in [0.29, 0.717) is 41.4 Å². The number of hydrogen-bond acceptors (Lipinski definition) is 5. The molecule has 3 heterocycles. The summed E-state index contributed by atoms with van der Waals surface area (Å²) in [6, 6.07) is 6.85. The third-order valence-corrected chi connectivity index (χ3v) is 4.93. The Labute approximate surface area is 170 Å². The van der Waals surface area contributed by atoms with E-state index < -0.39 is 12.7 Å². The highest BCUT2D eigenvalue weighted by Gasteiger charge is 2.31. The maximum Gasteiger partial charge on any atom is 0.408 e. The molecule has 0 saturated carbocycles. The molecule has 0 unspecified atom stereocenters. The van der Waals surface area contributed by atoms with Crippen LogP contribution in [0.15, 0.2) is 30.5 Å². The van der Waals surface area contributed by atoms with Crippen LogP contribution < -0.4 is 5.32 Å². The van der Waals surface area contributed by atoms with Crippen molar-refractivity contribution in [3.8, 4) is 11.4 Å². The van der Waals surface area contributed by atoms with Gasteiger partial charge in [0.05, 0.1) is 17.3 Å². The molecular weight excluding hydrogens is 399 g/mol. The molecule has 0 aliphatic carbocycles. The normalized spacial score (nSPS) is 15.5. The van der Waals surface area contributed by atoms with Crippen molar-refractivity contribution in [2.75, 3.05) is 18.5 Å². The monoisotopic (exact) mass is 419 g/mol. The van der Waals surface area contributed by atoms with Crippen molar-refractivity contribution in [3.05, 3.63) is 36.2 Å². The van der Waals surface area contributed by atoms with Crippen LogP contribution in [-0.2, 0) is 16.1 Å². The summed E-state index contributed by atoms with van der Waals surface area (Å²) in [4.78, 5) is 20.3. The Kier molecular flexibility index (Phi) is 5.42. The molecule has 1 N–H and O–H groups in total. The second kappa shape index (κ2) is 8.02. The van der Waals surface area contributed by atoms with Gasteiger partial charge >= 0.3 is 6.18 Å². The molecule has 0 bridgehead atoms. The Morgan fingerprint density at radius 3 is 2.53 bits per heavy atom. The predicted molar refractivity (Wildman–Crippen MR) is 104 cm³/mol. The number of benzene rings is 1. The van der Waals surface area contributed by atoms with Gasteiger partial charge in [-0.1, -0.05) is 0 Å². The lowest BCUT2D eigenvalue weighted by molar-refractivity contribution is -0.141. The first-order chi connectivity index (χ1) is 14.3. The lowest BCUT2D eigenvalue weighted by atomic mass is 9.94. The van der Waals surface area contributed by atoms with Crippen LogP contribution in [0.4, 0.5) is 18.9 Å². The lowest BCUT2D eigenvalue weighted by Crippen LogP contribution is -2.19. The molecule has 1 aliphatic heterocycles. The van der Waals surface area contributed by atoms with Gasteiger partial charge < -0.3 is 10.1 Å². The van der Waals surface area contributed by atoms with Gasteiger partial charge in [0.25, 0.3) is 0 Å². The minimum Gasteiger partial charge on any atom is -0.381 e. The van der Waals surface area contributed by atoms with Gasteiger partial charge in [0.2, 0.25) is 5.91 Å². The largest absolute Gasteiger partial charge is 0.408 e. The first kappa shape index (κ1) is 20.3. The average molecular weight is 419 g/mol. The van der Waals surface area contributed by atoms with E-state index in [-0.39, 0.29) is 17.5 Å². The number of ether oxygens (including phenoxy) is 1. The summed E-state index contributed by atoms with van der Waals surface area (Å²) < 4.78 is 45.3.